The minimum atomic E-state index is -4.42. The zero-order valence-corrected chi connectivity index (χ0v) is 12.6. The Morgan fingerprint density at radius 2 is 2.04 bits per heavy atom. The maximum Gasteiger partial charge on any atom is 0.540 e. The Balaban J connectivity index is 1.78. The van der Waals surface area contributed by atoms with Crippen molar-refractivity contribution in [1.82, 2.24) is 4.90 Å². The van der Waals surface area contributed by atoms with Gasteiger partial charge in [-0.3, -0.25) is 0 Å². The molecule has 24 heavy (non-hydrogen) atoms. The minimum absolute atomic E-state index is 0.0297. The van der Waals surface area contributed by atoms with Crippen LogP contribution < -0.4 is 10.1 Å². The van der Waals surface area contributed by atoms with Crippen molar-refractivity contribution >= 4 is 11.7 Å². The van der Waals surface area contributed by atoms with E-state index in [0.29, 0.717) is 13.1 Å². The van der Waals surface area contributed by atoms with Crippen LogP contribution in [0.4, 0.5) is 28.0 Å². The van der Waals surface area contributed by atoms with Crippen LogP contribution in [-0.2, 0) is 10.8 Å². The largest absolute Gasteiger partial charge is 0.540 e. The number of carbonyl (C=O) groups excluding carboxylic acids is 1. The lowest BCUT2D eigenvalue weighted by atomic mass is 10.1. The van der Waals surface area contributed by atoms with Crippen molar-refractivity contribution < 1.29 is 31.8 Å². The number of ether oxygens (including phenoxy) is 2. The van der Waals surface area contributed by atoms with Crippen molar-refractivity contribution in [2.24, 2.45) is 0 Å². The van der Waals surface area contributed by atoms with Crippen LogP contribution in [0.5, 0.6) is 5.75 Å². The van der Waals surface area contributed by atoms with Gasteiger partial charge < -0.3 is 15.0 Å². The van der Waals surface area contributed by atoms with Gasteiger partial charge >= 0.3 is 18.4 Å². The summed E-state index contributed by atoms with van der Waals surface area (Å²) in [6.45, 7) is 2.88. The van der Waals surface area contributed by atoms with Gasteiger partial charge in [-0.2, -0.15) is 8.78 Å². The topological polar surface area (TPSA) is 50.8 Å². The molecule has 2 aliphatic rings. The number of hydrogen-bond donors (Lipinski definition) is 1. The van der Waals surface area contributed by atoms with Crippen LogP contribution >= 0.6 is 0 Å². The summed E-state index contributed by atoms with van der Waals surface area (Å²) in [7, 11) is 0. The molecule has 2 aliphatic heterocycles. The molecule has 0 saturated heterocycles. The normalized spacial score (nSPS) is 21.4. The predicted octanol–water partition coefficient (Wildman–Crippen LogP) is 3.88. The first-order valence-corrected chi connectivity index (χ1v) is 7.17. The maximum atomic E-state index is 13.7. The van der Waals surface area contributed by atoms with Crippen LogP contribution in [0, 0.1) is 0 Å². The highest BCUT2D eigenvalue weighted by atomic mass is 19.3. The average Bonchev–Trinajstić information content (AvgIpc) is 2.47. The third-order valence-corrected chi connectivity index (χ3v) is 3.74. The number of nitrogens with zero attached hydrogens (tertiary/aromatic N) is 1. The van der Waals surface area contributed by atoms with Gasteiger partial charge in [-0.05, 0) is 31.5 Å². The van der Waals surface area contributed by atoms with Gasteiger partial charge in [0.05, 0.1) is 5.56 Å². The van der Waals surface area contributed by atoms with E-state index < -0.39 is 29.7 Å². The minimum Gasteiger partial charge on any atom is -0.409 e. The van der Waals surface area contributed by atoms with Gasteiger partial charge in [0.15, 0.2) is 0 Å². The molecule has 0 spiro atoms. The quantitative estimate of drug-likeness (QED) is 0.620. The molecule has 0 aliphatic carbocycles. The fourth-order valence-corrected chi connectivity index (χ4v) is 2.43. The third-order valence-electron chi connectivity index (χ3n) is 3.74. The summed E-state index contributed by atoms with van der Waals surface area (Å²) in [5, 5.41) is 2.46. The number of urea groups is 1. The molecule has 1 N–H and O–H groups in total. The molecule has 0 radical (unpaired) electrons. The molecule has 130 valence electrons. The fourth-order valence-electron chi connectivity index (χ4n) is 2.43. The SMILES string of the molecule is CC1=CCN(C(=O)Nc2ccc3c(c2)C(F)(F)OC(F)(F)O3)CC1. The second-order valence-electron chi connectivity index (χ2n) is 5.57. The molecule has 9 heteroatoms. The van der Waals surface area contributed by atoms with Crippen molar-refractivity contribution in [3.05, 3.63) is 35.4 Å². The van der Waals surface area contributed by atoms with E-state index in [1.807, 2.05) is 13.0 Å². The lowest BCUT2D eigenvalue weighted by molar-refractivity contribution is -0.461. The van der Waals surface area contributed by atoms with E-state index in [-0.39, 0.29) is 5.69 Å². The van der Waals surface area contributed by atoms with Crippen molar-refractivity contribution in [3.63, 3.8) is 0 Å². The summed E-state index contributed by atoms with van der Waals surface area (Å²) >= 11 is 0. The average molecular weight is 346 g/mol. The van der Waals surface area contributed by atoms with Crippen molar-refractivity contribution in [2.75, 3.05) is 18.4 Å². The Bertz CT molecular complexity index is 706. The number of rotatable bonds is 1. The third kappa shape index (κ3) is 3.30. The van der Waals surface area contributed by atoms with Gasteiger partial charge in [0.1, 0.15) is 5.75 Å². The predicted molar refractivity (Wildman–Crippen MR) is 76.0 cm³/mol. The van der Waals surface area contributed by atoms with Gasteiger partial charge in [0.25, 0.3) is 0 Å². The van der Waals surface area contributed by atoms with Crippen molar-refractivity contribution in [3.8, 4) is 5.75 Å². The van der Waals surface area contributed by atoms with Crippen LogP contribution in [0.25, 0.3) is 0 Å². The van der Waals surface area contributed by atoms with Crippen LogP contribution in [-0.4, -0.2) is 30.3 Å². The Labute approximate surface area is 134 Å². The molecule has 0 fully saturated rings. The lowest BCUT2D eigenvalue weighted by Gasteiger charge is -2.31. The summed E-state index contributed by atoms with van der Waals surface area (Å²) in [6.07, 6.45) is -6.03. The van der Waals surface area contributed by atoms with Gasteiger partial charge in [0, 0.05) is 18.8 Å². The van der Waals surface area contributed by atoms with Crippen molar-refractivity contribution in [2.45, 2.75) is 25.7 Å². The summed E-state index contributed by atoms with van der Waals surface area (Å²) in [6, 6.07) is 2.53. The molecule has 0 unspecified atom stereocenters. The van der Waals surface area contributed by atoms with Crippen LogP contribution in [0.1, 0.15) is 18.9 Å². The van der Waals surface area contributed by atoms with Gasteiger partial charge in [0.2, 0.25) is 0 Å². The fraction of sp³-hybridized carbons (Fsp3) is 0.400. The smallest absolute Gasteiger partial charge is 0.409 e. The second-order valence-corrected chi connectivity index (χ2v) is 5.57. The molecule has 1 aromatic rings. The second kappa shape index (κ2) is 5.66. The highest BCUT2D eigenvalue weighted by molar-refractivity contribution is 5.89. The number of alkyl halides is 4. The number of amides is 2. The zero-order chi connectivity index (χ0) is 17.5. The summed E-state index contributed by atoms with van der Waals surface area (Å²) < 4.78 is 60.7. The maximum absolute atomic E-state index is 13.7. The number of carbonyl (C=O) groups is 1. The monoisotopic (exact) mass is 346 g/mol. The molecular weight excluding hydrogens is 332 g/mol. The number of halogens is 4. The van der Waals surface area contributed by atoms with E-state index in [4.69, 9.17) is 0 Å². The number of anilines is 1. The van der Waals surface area contributed by atoms with E-state index >= 15 is 0 Å². The number of nitrogens with one attached hydrogen (secondary N) is 1. The molecule has 0 bridgehead atoms. The van der Waals surface area contributed by atoms with Crippen LogP contribution in [0.3, 0.4) is 0 Å². The Hall–Kier alpha value is -2.29. The number of benzene rings is 1. The first-order chi connectivity index (χ1) is 11.2. The summed E-state index contributed by atoms with van der Waals surface area (Å²) in [5.74, 6) is -0.703. The van der Waals surface area contributed by atoms with Crippen LogP contribution in [0.15, 0.2) is 29.8 Å². The molecular formula is C15H14F4N2O3. The Morgan fingerprint density at radius 3 is 2.71 bits per heavy atom. The standard InChI is InChI=1S/C15H14F4N2O3/c1-9-4-6-21(7-5-9)13(22)20-10-2-3-12-11(8-10)14(16,17)24-15(18,19)23-12/h2-4,8H,5-7H2,1H3,(H,20,22). The summed E-state index contributed by atoms with van der Waals surface area (Å²) in [4.78, 5) is 13.6. The van der Waals surface area contributed by atoms with Crippen LogP contribution in [0.2, 0.25) is 0 Å². The van der Waals surface area contributed by atoms with E-state index in [9.17, 15) is 22.4 Å². The molecule has 3 rings (SSSR count). The van der Waals surface area contributed by atoms with E-state index in [1.165, 1.54) is 16.5 Å². The van der Waals surface area contributed by atoms with E-state index in [0.717, 1.165) is 18.6 Å². The van der Waals surface area contributed by atoms with Crippen molar-refractivity contribution in [1.29, 1.82) is 0 Å². The zero-order valence-electron chi connectivity index (χ0n) is 12.6. The lowest BCUT2D eigenvalue weighted by Crippen LogP contribution is -2.41. The van der Waals surface area contributed by atoms with Gasteiger partial charge in [-0.1, -0.05) is 11.6 Å². The number of hydrogen-bond acceptors (Lipinski definition) is 3. The van der Waals surface area contributed by atoms with Gasteiger partial charge in [-0.15, -0.1) is 8.78 Å². The molecule has 1 aromatic carbocycles. The van der Waals surface area contributed by atoms with E-state index in [2.05, 4.69) is 14.8 Å². The first kappa shape index (κ1) is 16.6. The molecule has 5 nitrogen and oxygen atoms in total. The molecule has 0 atom stereocenters. The Kier molecular flexibility index (Phi) is 3.90. The van der Waals surface area contributed by atoms with E-state index in [1.54, 1.807) is 0 Å². The highest BCUT2D eigenvalue weighted by Gasteiger charge is 2.54. The first-order valence-electron chi connectivity index (χ1n) is 7.17. The Morgan fingerprint density at radius 1 is 1.29 bits per heavy atom. The number of fused-ring (bicyclic) bond motifs is 1. The molecule has 2 heterocycles. The molecule has 0 saturated carbocycles. The molecule has 0 aromatic heterocycles. The molecule has 2 amide bonds. The van der Waals surface area contributed by atoms with Gasteiger partial charge in [-0.25, -0.2) is 9.53 Å². The summed E-state index contributed by atoms with van der Waals surface area (Å²) in [5.41, 5.74) is 0.324. The highest BCUT2D eigenvalue weighted by Crippen LogP contribution is 2.46.